The quantitative estimate of drug-likeness (QED) is 0.869. The van der Waals surface area contributed by atoms with Crippen molar-refractivity contribution >= 4 is 29.0 Å². The fraction of sp³-hybridized carbons (Fsp3) is 0. The highest BCUT2D eigenvalue weighted by Crippen LogP contribution is 2.30. The van der Waals surface area contributed by atoms with Crippen LogP contribution in [0, 0.1) is 11.6 Å². The third kappa shape index (κ3) is 2.30. The van der Waals surface area contributed by atoms with Gasteiger partial charge in [-0.2, -0.15) is 0 Å². The van der Waals surface area contributed by atoms with Crippen LogP contribution in [0.4, 0.5) is 14.6 Å². The summed E-state index contributed by atoms with van der Waals surface area (Å²) in [7, 11) is 0. The molecule has 0 atom stereocenters. The van der Waals surface area contributed by atoms with Gasteiger partial charge in [0.1, 0.15) is 28.3 Å². The Kier molecular flexibility index (Phi) is 3.13. The van der Waals surface area contributed by atoms with Gasteiger partial charge in [0.05, 0.1) is 11.8 Å². The summed E-state index contributed by atoms with van der Waals surface area (Å²) in [4.78, 5) is 7.43. The number of aromatic nitrogens is 2. The minimum Gasteiger partial charge on any atom is -0.382 e. The van der Waals surface area contributed by atoms with E-state index in [9.17, 15) is 8.78 Å². The molecule has 17 heavy (non-hydrogen) atoms. The first-order chi connectivity index (χ1) is 7.99. The van der Waals surface area contributed by atoms with E-state index in [4.69, 9.17) is 28.9 Å². The van der Waals surface area contributed by atoms with Gasteiger partial charge in [0.15, 0.2) is 0 Å². The molecule has 7 heteroatoms. The Labute approximate surface area is 105 Å². The van der Waals surface area contributed by atoms with Gasteiger partial charge in [-0.15, -0.1) is 0 Å². The Balaban J connectivity index is 2.72. The molecule has 0 saturated carbocycles. The van der Waals surface area contributed by atoms with Gasteiger partial charge >= 0.3 is 0 Å². The van der Waals surface area contributed by atoms with E-state index in [0.717, 1.165) is 12.1 Å². The van der Waals surface area contributed by atoms with Gasteiger partial charge in [0.2, 0.25) is 0 Å². The Bertz CT molecular complexity index is 567. The first-order valence-corrected chi connectivity index (χ1v) is 5.17. The molecule has 1 aromatic heterocycles. The van der Waals surface area contributed by atoms with Gasteiger partial charge in [-0.05, 0) is 12.1 Å². The third-order valence-corrected chi connectivity index (χ3v) is 2.42. The van der Waals surface area contributed by atoms with Gasteiger partial charge in [-0.1, -0.05) is 23.2 Å². The van der Waals surface area contributed by atoms with Gasteiger partial charge in [-0.3, -0.25) is 0 Å². The zero-order valence-electron chi connectivity index (χ0n) is 8.22. The molecule has 0 fully saturated rings. The van der Waals surface area contributed by atoms with Crippen molar-refractivity contribution in [3.8, 4) is 11.3 Å². The molecule has 2 aromatic rings. The number of rotatable bonds is 1. The minimum absolute atomic E-state index is 0.0112. The zero-order chi connectivity index (χ0) is 12.6. The van der Waals surface area contributed by atoms with Crippen LogP contribution < -0.4 is 5.73 Å². The number of nitrogens with two attached hydrogens (primary N) is 1. The monoisotopic (exact) mass is 275 g/mol. The van der Waals surface area contributed by atoms with Crippen LogP contribution in [0.1, 0.15) is 0 Å². The summed E-state index contributed by atoms with van der Waals surface area (Å²) in [5.41, 5.74) is 4.95. The molecule has 2 rings (SSSR count). The second-order valence-corrected chi connectivity index (χ2v) is 3.99. The highest BCUT2D eigenvalue weighted by molar-refractivity contribution is 6.30. The maximum atomic E-state index is 13.6. The van der Waals surface area contributed by atoms with E-state index in [-0.39, 0.29) is 21.7 Å². The second-order valence-electron chi connectivity index (χ2n) is 3.17. The summed E-state index contributed by atoms with van der Waals surface area (Å²) in [5, 5.41) is -0.0692. The Morgan fingerprint density at radius 2 is 1.71 bits per heavy atom. The zero-order valence-corrected chi connectivity index (χ0v) is 9.73. The molecule has 0 radical (unpaired) electrons. The fourth-order valence-corrected chi connectivity index (χ4v) is 1.65. The van der Waals surface area contributed by atoms with Gasteiger partial charge < -0.3 is 5.73 Å². The maximum Gasteiger partial charge on any atom is 0.150 e. The molecular weight excluding hydrogens is 271 g/mol. The molecule has 0 amide bonds. The summed E-state index contributed by atoms with van der Waals surface area (Å²) < 4.78 is 27.2. The van der Waals surface area contributed by atoms with Crippen molar-refractivity contribution in [1.82, 2.24) is 9.97 Å². The van der Waals surface area contributed by atoms with Crippen LogP contribution >= 0.6 is 23.2 Å². The molecule has 0 saturated heterocycles. The highest BCUT2D eigenvalue weighted by Gasteiger charge is 2.17. The first kappa shape index (κ1) is 12.0. The van der Waals surface area contributed by atoms with Gasteiger partial charge in [-0.25, -0.2) is 18.7 Å². The van der Waals surface area contributed by atoms with Gasteiger partial charge in [0, 0.05) is 5.02 Å². The first-order valence-electron chi connectivity index (χ1n) is 4.42. The molecule has 88 valence electrons. The maximum absolute atomic E-state index is 13.6. The third-order valence-electron chi connectivity index (χ3n) is 2.02. The lowest BCUT2D eigenvalue weighted by Crippen LogP contribution is -2.01. The van der Waals surface area contributed by atoms with Gasteiger partial charge in [0.25, 0.3) is 0 Å². The summed E-state index contributed by atoms with van der Waals surface area (Å²) in [6.07, 6.45) is 1.19. The van der Waals surface area contributed by atoms with E-state index < -0.39 is 17.2 Å². The van der Waals surface area contributed by atoms with E-state index in [1.807, 2.05) is 0 Å². The topological polar surface area (TPSA) is 51.8 Å². The lowest BCUT2D eigenvalue weighted by Gasteiger charge is -2.07. The van der Waals surface area contributed by atoms with Crippen molar-refractivity contribution in [3.63, 3.8) is 0 Å². The van der Waals surface area contributed by atoms with Crippen LogP contribution in [-0.4, -0.2) is 9.97 Å². The molecule has 0 aliphatic rings. The molecule has 0 bridgehead atoms. The lowest BCUT2D eigenvalue weighted by molar-refractivity contribution is 0.589. The standard InChI is InChI=1S/C10H5Cl2F2N3/c11-4-1-5(13)8(6(14)2-4)9-10(15)16-3-7(12)17-9/h1-3H,(H2,15,16). The van der Waals surface area contributed by atoms with Crippen LogP contribution in [0.15, 0.2) is 18.3 Å². The second kappa shape index (κ2) is 4.43. The molecule has 2 N–H and O–H groups in total. The SMILES string of the molecule is Nc1ncc(Cl)nc1-c1c(F)cc(Cl)cc1F. The molecule has 1 aromatic carbocycles. The normalized spacial score (nSPS) is 10.6. The van der Waals surface area contributed by atoms with Crippen LogP contribution in [0.3, 0.4) is 0 Å². The average molecular weight is 276 g/mol. The molecule has 0 aliphatic heterocycles. The van der Waals surface area contributed by atoms with E-state index in [0.29, 0.717) is 0 Å². The van der Waals surface area contributed by atoms with Crippen LogP contribution in [0.5, 0.6) is 0 Å². The Morgan fingerprint density at radius 1 is 1.12 bits per heavy atom. The van der Waals surface area contributed by atoms with Crippen molar-refractivity contribution in [2.75, 3.05) is 5.73 Å². The summed E-state index contributed by atoms with van der Waals surface area (Å²) in [5.74, 6) is -1.87. The lowest BCUT2D eigenvalue weighted by atomic mass is 10.1. The number of nitrogens with zero attached hydrogens (tertiary/aromatic N) is 2. The summed E-state index contributed by atoms with van der Waals surface area (Å²) in [6, 6.07) is 1.92. The summed E-state index contributed by atoms with van der Waals surface area (Å²) >= 11 is 11.1. The largest absolute Gasteiger partial charge is 0.382 e. The Hall–Kier alpha value is -1.46. The van der Waals surface area contributed by atoms with E-state index in [1.54, 1.807) is 0 Å². The smallest absolute Gasteiger partial charge is 0.150 e. The molecule has 0 aliphatic carbocycles. The number of benzene rings is 1. The molecule has 1 heterocycles. The van der Waals surface area contributed by atoms with E-state index in [1.165, 1.54) is 6.20 Å². The summed E-state index contributed by atoms with van der Waals surface area (Å²) in [6.45, 7) is 0. The van der Waals surface area contributed by atoms with E-state index in [2.05, 4.69) is 9.97 Å². The van der Waals surface area contributed by atoms with Crippen molar-refractivity contribution < 1.29 is 8.78 Å². The predicted octanol–water partition coefficient (Wildman–Crippen LogP) is 3.31. The number of hydrogen-bond donors (Lipinski definition) is 1. The number of halogens is 4. The highest BCUT2D eigenvalue weighted by atomic mass is 35.5. The molecule has 0 unspecified atom stereocenters. The van der Waals surface area contributed by atoms with Crippen molar-refractivity contribution in [1.29, 1.82) is 0 Å². The Morgan fingerprint density at radius 3 is 2.29 bits per heavy atom. The number of hydrogen-bond acceptors (Lipinski definition) is 3. The van der Waals surface area contributed by atoms with Crippen LogP contribution in [0.25, 0.3) is 11.3 Å². The van der Waals surface area contributed by atoms with E-state index >= 15 is 0 Å². The van der Waals surface area contributed by atoms with Crippen LogP contribution in [-0.2, 0) is 0 Å². The molecule has 0 spiro atoms. The minimum atomic E-state index is -0.877. The van der Waals surface area contributed by atoms with Crippen molar-refractivity contribution in [2.45, 2.75) is 0 Å². The van der Waals surface area contributed by atoms with Crippen LogP contribution in [0.2, 0.25) is 10.2 Å². The predicted molar refractivity (Wildman–Crippen MR) is 61.8 cm³/mol. The van der Waals surface area contributed by atoms with Crippen molar-refractivity contribution in [2.24, 2.45) is 0 Å². The fourth-order valence-electron chi connectivity index (χ4n) is 1.33. The number of nitrogen functional groups attached to an aromatic ring is 1. The van der Waals surface area contributed by atoms with Crippen molar-refractivity contribution in [3.05, 3.63) is 40.1 Å². The molecular formula is C10H5Cl2F2N3. The number of anilines is 1. The molecule has 3 nitrogen and oxygen atoms in total. The average Bonchev–Trinajstić information content (AvgIpc) is 2.21.